The Balaban J connectivity index is 2.19. The number of nitrogens with zero attached hydrogens (tertiary/aromatic N) is 2. The van der Waals surface area contributed by atoms with E-state index in [0.717, 1.165) is 5.56 Å². The van der Waals surface area contributed by atoms with Gasteiger partial charge in [0.25, 0.3) is 5.56 Å². The number of hydrogen-bond acceptors (Lipinski definition) is 4. The molecule has 114 valence electrons. The zero-order valence-electron chi connectivity index (χ0n) is 12.4. The van der Waals surface area contributed by atoms with Crippen LogP contribution < -0.4 is 16.6 Å². The summed E-state index contributed by atoms with van der Waals surface area (Å²) < 4.78 is 1.48. The number of piperidine rings is 1. The van der Waals surface area contributed by atoms with E-state index in [1.54, 1.807) is 19.1 Å². The third-order valence-electron chi connectivity index (χ3n) is 4.01. The van der Waals surface area contributed by atoms with E-state index in [9.17, 15) is 9.59 Å². The van der Waals surface area contributed by atoms with Crippen molar-refractivity contribution in [2.24, 2.45) is 5.73 Å². The summed E-state index contributed by atoms with van der Waals surface area (Å²) in [6.45, 7) is 5.86. The SMILES string of the molecule is C=C1CCC(n2c(C)nc3ccc(CN)cc3c2=O)C(=O)N1. The van der Waals surface area contributed by atoms with Gasteiger partial charge in [-0.2, -0.15) is 0 Å². The van der Waals surface area contributed by atoms with Crippen LogP contribution in [0.2, 0.25) is 0 Å². The summed E-state index contributed by atoms with van der Waals surface area (Å²) in [6, 6.07) is 4.85. The number of hydrogen-bond donors (Lipinski definition) is 2. The van der Waals surface area contributed by atoms with Gasteiger partial charge in [-0.05, 0) is 37.5 Å². The molecule has 22 heavy (non-hydrogen) atoms. The molecule has 0 bridgehead atoms. The summed E-state index contributed by atoms with van der Waals surface area (Å²) in [6.07, 6.45) is 1.21. The first-order valence-corrected chi connectivity index (χ1v) is 7.21. The van der Waals surface area contributed by atoms with Gasteiger partial charge in [-0.15, -0.1) is 0 Å². The van der Waals surface area contributed by atoms with Crippen molar-refractivity contribution in [3.8, 4) is 0 Å². The van der Waals surface area contributed by atoms with Crippen LogP contribution in [0.15, 0.2) is 35.3 Å². The minimum absolute atomic E-state index is 0.203. The van der Waals surface area contributed by atoms with Crippen molar-refractivity contribution in [2.75, 3.05) is 0 Å². The zero-order valence-corrected chi connectivity index (χ0v) is 12.4. The lowest BCUT2D eigenvalue weighted by Crippen LogP contribution is -2.41. The molecule has 0 spiro atoms. The molecule has 6 heteroatoms. The molecule has 2 heterocycles. The second kappa shape index (κ2) is 5.38. The number of nitrogens with one attached hydrogen (secondary N) is 1. The summed E-state index contributed by atoms with van der Waals surface area (Å²) >= 11 is 0. The lowest BCUT2D eigenvalue weighted by atomic mass is 10.0. The molecule has 6 nitrogen and oxygen atoms in total. The maximum absolute atomic E-state index is 12.8. The quantitative estimate of drug-likeness (QED) is 0.869. The first kappa shape index (κ1) is 14.5. The maximum atomic E-state index is 12.8. The number of carbonyl (C=O) groups is 1. The first-order chi connectivity index (χ1) is 10.5. The molecule has 0 saturated carbocycles. The minimum Gasteiger partial charge on any atom is -0.329 e. The summed E-state index contributed by atoms with van der Waals surface area (Å²) in [5.41, 5.74) is 7.60. The molecule has 2 aromatic rings. The molecule has 1 atom stereocenters. The Labute approximate surface area is 127 Å². The molecule has 1 saturated heterocycles. The molecule has 1 aromatic carbocycles. The Morgan fingerprint density at radius 3 is 2.91 bits per heavy atom. The van der Waals surface area contributed by atoms with Crippen LogP contribution in [-0.4, -0.2) is 15.5 Å². The smallest absolute Gasteiger partial charge is 0.262 e. The number of carbonyl (C=O) groups excluding carboxylic acids is 1. The fourth-order valence-electron chi connectivity index (χ4n) is 2.86. The summed E-state index contributed by atoms with van der Waals surface area (Å²) in [4.78, 5) is 29.5. The molecule has 1 amide bonds. The van der Waals surface area contributed by atoms with E-state index in [1.165, 1.54) is 4.57 Å². The highest BCUT2D eigenvalue weighted by atomic mass is 16.2. The second-order valence-corrected chi connectivity index (χ2v) is 5.54. The van der Waals surface area contributed by atoms with Crippen molar-refractivity contribution in [1.29, 1.82) is 0 Å². The van der Waals surface area contributed by atoms with Gasteiger partial charge in [-0.1, -0.05) is 12.6 Å². The van der Waals surface area contributed by atoms with Crippen LogP contribution in [0.25, 0.3) is 10.9 Å². The Morgan fingerprint density at radius 1 is 1.45 bits per heavy atom. The van der Waals surface area contributed by atoms with E-state index in [1.807, 2.05) is 6.07 Å². The van der Waals surface area contributed by atoms with E-state index >= 15 is 0 Å². The Kier molecular flexibility index (Phi) is 3.54. The van der Waals surface area contributed by atoms with Crippen LogP contribution in [0.3, 0.4) is 0 Å². The third kappa shape index (κ3) is 2.31. The van der Waals surface area contributed by atoms with E-state index in [4.69, 9.17) is 5.73 Å². The molecular weight excluding hydrogens is 280 g/mol. The zero-order chi connectivity index (χ0) is 15.9. The summed E-state index contributed by atoms with van der Waals surface area (Å²) in [5, 5.41) is 3.20. The molecule has 1 aliphatic rings. The second-order valence-electron chi connectivity index (χ2n) is 5.54. The highest BCUT2D eigenvalue weighted by Gasteiger charge is 2.28. The molecule has 0 aliphatic carbocycles. The van der Waals surface area contributed by atoms with E-state index < -0.39 is 6.04 Å². The van der Waals surface area contributed by atoms with Crippen LogP contribution in [0.1, 0.15) is 30.3 Å². The van der Waals surface area contributed by atoms with Crippen molar-refractivity contribution in [1.82, 2.24) is 14.9 Å². The Morgan fingerprint density at radius 2 is 2.23 bits per heavy atom. The predicted molar refractivity (Wildman–Crippen MR) is 84.2 cm³/mol. The molecule has 3 N–H and O–H groups in total. The Bertz CT molecular complexity index is 838. The van der Waals surface area contributed by atoms with Crippen LogP contribution in [0.4, 0.5) is 0 Å². The highest BCUT2D eigenvalue weighted by molar-refractivity contribution is 5.84. The number of amides is 1. The molecule has 0 radical (unpaired) electrons. The number of rotatable bonds is 2. The average molecular weight is 298 g/mol. The number of aromatic nitrogens is 2. The van der Waals surface area contributed by atoms with Gasteiger partial charge in [0.1, 0.15) is 11.9 Å². The number of aryl methyl sites for hydroxylation is 1. The van der Waals surface area contributed by atoms with E-state index in [0.29, 0.717) is 41.8 Å². The van der Waals surface area contributed by atoms with Crippen molar-refractivity contribution in [2.45, 2.75) is 32.4 Å². The monoisotopic (exact) mass is 298 g/mol. The van der Waals surface area contributed by atoms with Crippen LogP contribution in [-0.2, 0) is 11.3 Å². The number of allylic oxidation sites excluding steroid dienone is 1. The predicted octanol–water partition coefficient (Wildman–Crippen LogP) is 1.13. The van der Waals surface area contributed by atoms with Gasteiger partial charge in [-0.25, -0.2) is 4.98 Å². The summed E-state index contributed by atoms with van der Waals surface area (Å²) in [5.74, 6) is 0.322. The number of benzene rings is 1. The largest absolute Gasteiger partial charge is 0.329 e. The highest BCUT2D eigenvalue weighted by Crippen LogP contribution is 2.22. The van der Waals surface area contributed by atoms with Crippen LogP contribution in [0.5, 0.6) is 0 Å². The first-order valence-electron chi connectivity index (χ1n) is 7.21. The maximum Gasteiger partial charge on any atom is 0.262 e. The van der Waals surface area contributed by atoms with E-state index in [-0.39, 0.29) is 11.5 Å². The van der Waals surface area contributed by atoms with Gasteiger partial charge >= 0.3 is 0 Å². The van der Waals surface area contributed by atoms with Gasteiger partial charge < -0.3 is 11.1 Å². The fraction of sp³-hybridized carbons (Fsp3) is 0.312. The third-order valence-corrected chi connectivity index (χ3v) is 4.01. The topological polar surface area (TPSA) is 90.0 Å². The van der Waals surface area contributed by atoms with Crippen molar-refractivity contribution in [3.05, 3.63) is 52.2 Å². The molecule has 1 aromatic heterocycles. The standard InChI is InChI=1S/C16H18N4O2/c1-9-3-6-14(15(21)18-9)20-10(2)19-13-5-4-11(8-17)7-12(13)16(20)22/h4-5,7,14H,1,3,6,8,17H2,2H3,(H,18,21). The number of fused-ring (bicyclic) bond motifs is 1. The molecule has 3 rings (SSSR count). The molecular formula is C16H18N4O2. The lowest BCUT2D eigenvalue weighted by molar-refractivity contribution is -0.124. The number of nitrogens with two attached hydrogens (primary N) is 1. The van der Waals surface area contributed by atoms with Gasteiger partial charge in [-0.3, -0.25) is 14.2 Å². The summed E-state index contributed by atoms with van der Waals surface area (Å²) in [7, 11) is 0. The van der Waals surface area contributed by atoms with Crippen LogP contribution in [0, 0.1) is 6.92 Å². The molecule has 1 fully saturated rings. The molecule has 1 unspecified atom stereocenters. The van der Waals surface area contributed by atoms with Crippen molar-refractivity contribution in [3.63, 3.8) is 0 Å². The Hall–Kier alpha value is -2.47. The minimum atomic E-state index is -0.545. The normalized spacial score (nSPS) is 18.5. The molecule has 1 aliphatic heterocycles. The van der Waals surface area contributed by atoms with Gasteiger partial charge in [0, 0.05) is 12.2 Å². The average Bonchev–Trinajstić information content (AvgIpc) is 2.49. The van der Waals surface area contributed by atoms with E-state index in [2.05, 4.69) is 16.9 Å². The van der Waals surface area contributed by atoms with Crippen molar-refractivity contribution < 1.29 is 4.79 Å². The van der Waals surface area contributed by atoms with Gasteiger partial charge in [0.2, 0.25) is 5.91 Å². The van der Waals surface area contributed by atoms with Crippen molar-refractivity contribution >= 4 is 16.8 Å². The van der Waals surface area contributed by atoms with Crippen LogP contribution >= 0.6 is 0 Å². The van der Waals surface area contributed by atoms with Gasteiger partial charge in [0.15, 0.2) is 0 Å². The fourth-order valence-corrected chi connectivity index (χ4v) is 2.86. The lowest BCUT2D eigenvalue weighted by Gasteiger charge is -2.26. The van der Waals surface area contributed by atoms with Gasteiger partial charge in [0.05, 0.1) is 10.9 Å².